The summed E-state index contributed by atoms with van der Waals surface area (Å²) in [5, 5.41) is 3.40. The molecule has 106 valence electrons. The lowest BCUT2D eigenvalue weighted by molar-refractivity contribution is 0.0167. The first kappa shape index (κ1) is 13.6. The summed E-state index contributed by atoms with van der Waals surface area (Å²) in [6, 6.07) is 12.9. The zero-order chi connectivity index (χ0) is 14.7. The van der Waals surface area contributed by atoms with Crippen molar-refractivity contribution in [3.05, 3.63) is 59.1 Å². The largest absolute Gasteiger partial charge is 0.448 e. The number of aromatic nitrogens is 1. The second-order valence-electron chi connectivity index (χ2n) is 4.45. The van der Waals surface area contributed by atoms with Crippen molar-refractivity contribution >= 4 is 28.2 Å². The molecule has 0 bridgehead atoms. The lowest BCUT2D eigenvalue weighted by Crippen LogP contribution is -2.11. The van der Waals surface area contributed by atoms with Crippen LogP contribution in [0.1, 0.15) is 16.1 Å². The molecular weight excluding hydrogens is 286 g/mol. The van der Waals surface area contributed by atoms with Gasteiger partial charge in [0.15, 0.2) is 5.06 Å². The van der Waals surface area contributed by atoms with E-state index in [4.69, 9.17) is 9.47 Å². The number of hydrogen-bond donors (Lipinski definition) is 0. The van der Waals surface area contributed by atoms with Crippen molar-refractivity contribution in [2.45, 2.75) is 6.92 Å². The minimum Gasteiger partial charge on any atom is -0.448 e. The van der Waals surface area contributed by atoms with Crippen LogP contribution in [0.4, 0.5) is 0 Å². The summed E-state index contributed by atoms with van der Waals surface area (Å²) in [4.78, 5) is 16.6. The topological polar surface area (TPSA) is 48.4 Å². The fraction of sp³-hybridized carbons (Fsp3) is 0.125. The van der Waals surface area contributed by atoms with Gasteiger partial charge in [0.2, 0.25) is 6.79 Å². The van der Waals surface area contributed by atoms with E-state index in [1.165, 1.54) is 11.3 Å². The normalized spacial score (nSPS) is 10.5. The molecule has 21 heavy (non-hydrogen) atoms. The molecular formula is C16H13NO3S. The van der Waals surface area contributed by atoms with Crippen molar-refractivity contribution in [1.29, 1.82) is 0 Å². The van der Waals surface area contributed by atoms with Crippen LogP contribution in [0, 0.1) is 6.92 Å². The lowest BCUT2D eigenvalue weighted by atomic mass is 10.1. The minimum atomic E-state index is -0.409. The molecule has 0 aliphatic heterocycles. The Hall–Kier alpha value is -2.40. The molecule has 2 heterocycles. The molecule has 0 saturated carbocycles. The molecule has 1 aromatic carbocycles. The van der Waals surface area contributed by atoms with Gasteiger partial charge in [0.25, 0.3) is 0 Å². The second-order valence-corrected chi connectivity index (χ2v) is 5.36. The minimum absolute atomic E-state index is 0.102. The number of fused-ring (bicyclic) bond motifs is 1. The van der Waals surface area contributed by atoms with Gasteiger partial charge in [-0.15, -0.1) is 11.3 Å². The number of aryl methyl sites for hydroxylation is 1. The average molecular weight is 299 g/mol. The van der Waals surface area contributed by atoms with Gasteiger partial charge in [-0.1, -0.05) is 18.2 Å². The predicted octanol–water partition coefficient (Wildman–Crippen LogP) is 3.80. The number of thiophene rings is 1. The third-order valence-electron chi connectivity index (χ3n) is 2.95. The maximum Gasteiger partial charge on any atom is 0.341 e. The van der Waals surface area contributed by atoms with Crippen LogP contribution in [0.3, 0.4) is 0 Å². The standard InChI is InChI=1S/C16H13NO3S/c1-11-9-13(12-5-2-3-6-14(12)17-11)16(18)20-10-19-15-7-4-8-21-15/h2-9H,10H2,1H3. The van der Waals surface area contributed by atoms with Crippen LogP contribution in [0.2, 0.25) is 0 Å². The Labute approximate surface area is 126 Å². The fourth-order valence-corrected chi connectivity index (χ4v) is 2.61. The average Bonchev–Trinajstić information content (AvgIpc) is 2.99. The Kier molecular flexibility index (Phi) is 3.83. The van der Waals surface area contributed by atoms with Crippen LogP contribution >= 0.6 is 11.3 Å². The molecule has 0 aliphatic rings. The Morgan fingerprint density at radius 3 is 2.90 bits per heavy atom. The smallest absolute Gasteiger partial charge is 0.341 e. The summed E-state index contributed by atoms with van der Waals surface area (Å²) < 4.78 is 10.5. The summed E-state index contributed by atoms with van der Waals surface area (Å²) in [5.41, 5.74) is 2.07. The van der Waals surface area contributed by atoms with Gasteiger partial charge in [-0.25, -0.2) is 4.79 Å². The first-order valence-corrected chi connectivity index (χ1v) is 7.32. The molecule has 0 spiro atoms. The van der Waals surface area contributed by atoms with Gasteiger partial charge in [-0.3, -0.25) is 4.98 Å². The molecule has 5 heteroatoms. The van der Waals surface area contributed by atoms with Gasteiger partial charge in [-0.2, -0.15) is 0 Å². The summed E-state index contributed by atoms with van der Waals surface area (Å²) in [6.07, 6.45) is 0. The van der Waals surface area contributed by atoms with Crippen molar-refractivity contribution in [2.75, 3.05) is 6.79 Å². The Morgan fingerprint density at radius 1 is 1.24 bits per heavy atom. The van der Waals surface area contributed by atoms with E-state index in [2.05, 4.69) is 4.98 Å². The van der Waals surface area contributed by atoms with E-state index < -0.39 is 5.97 Å². The van der Waals surface area contributed by atoms with Crippen molar-refractivity contribution < 1.29 is 14.3 Å². The number of pyridine rings is 1. The molecule has 0 fully saturated rings. The summed E-state index contributed by atoms with van der Waals surface area (Å²) in [6.45, 7) is 1.75. The van der Waals surface area contributed by atoms with E-state index in [9.17, 15) is 4.79 Å². The molecule has 0 radical (unpaired) electrons. The highest BCUT2D eigenvalue weighted by molar-refractivity contribution is 7.11. The van der Waals surface area contributed by atoms with E-state index in [1.54, 1.807) is 6.07 Å². The first-order chi connectivity index (χ1) is 10.2. The molecule has 0 N–H and O–H groups in total. The van der Waals surface area contributed by atoms with E-state index in [1.807, 2.05) is 48.7 Å². The van der Waals surface area contributed by atoms with E-state index >= 15 is 0 Å². The van der Waals surface area contributed by atoms with Gasteiger partial charge < -0.3 is 9.47 Å². The zero-order valence-corrected chi connectivity index (χ0v) is 12.2. The highest BCUT2D eigenvalue weighted by atomic mass is 32.1. The van der Waals surface area contributed by atoms with E-state index in [-0.39, 0.29) is 6.79 Å². The van der Waals surface area contributed by atoms with Crippen LogP contribution in [-0.4, -0.2) is 17.7 Å². The maximum atomic E-state index is 12.2. The molecule has 3 rings (SSSR count). The molecule has 0 amide bonds. The summed E-state index contributed by atoms with van der Waals surface area (Å²) >= 11 is 1.45. The number of benzene rings is 1. The fourth-order valence-electron chi connectivity index (χ4n) is 2.04. The number of esters is 1. The van der Waals surface area contributed by atoms with Gasteiger partial charge in [0.1, 0.15) is 0 Å². The Balaban J connectivity index is 1.78. The van der Waals surface area contributed by atoms with Crippen molar-refractivity contribution in [1.82, 2.24) is 4.98 Å². The molecule has 3 aromatic rings. The first-order valence-electron chi connectivity index (χ1n) is 6.44. The van der Waals surface area contributed by atoms with Crippen molar-refractivity contribution in [2.24, 2.45) is 0 Å². The molecule has 0 unspecified atom stereocenters. The number of ether oxygens (including phenoxy) is 2. The van der Waals surface area contributed by atoms with Crippen LogP contribution in [0.5, 0.6) is 5.06 Å². The van der Waals surface area contributed by atoms with Crippen LogP contribution < -0.4 is 4.74 Å². The third-order valence-corrected chi connectivity index (χ3v) is 3.73. The molecule has 2 aromatic heterocycles. The zero-order valence-electron chi connectivity index (χ0n) is 11.4. The van der Waals surface area contributed by atoms with Crippen molar-refractivity contribution in [3.8, 4) is 5.06 Å². The summed E-state index contributed by atoms with van der Waals surface area (Å²) in [5.74, 6) is -0.409. The van der Waals surface area contributed by atoms with Gasteiger partial charge in [0.05, 0.1) is 11.1 Å². The number of nitrogens with zero attached hydrogens (tertiary/aromatic N) is 1. The number of carbonyl (C=O) groups excluding carboxylic acids is 1. The Morgan fingerprint density at radius 2 is 2.10 bits per heavy atom. The molecule has 0 saturated heterocycles. The SMILES string of the molecule is Cc1cc(C(=O)OCOc2cccs2)c2ccccc2n1. The molecule has 4 nitrogen and oxygen atoms in total. The highest BCUT2D eigenvalue weighted by Gasteiger charge is 2.13. The molecule has 0 aliphatic carbocycles. The van der Waals surface area contributed by atoms with Crippen molar-refractivity contribution in [3.63, 3.8) is 0 Å². The van der Waals surface area contributed by atoms with E-state index in [0.29, 0.717) is 5.56 Å². The van der Waals surface area contributed by atoms with Gasteiger partial charge in [0, 0.05) is 11.1 Å². The number of carbonyl (C=O) groups is 1. The maximum absolute atomic E-state index is 12.2. The van der Waals surface area contributed by atoms with Crippen LogP contribution in [0.25, 0.3) is 10.9 Å². The highest BCUT2D eigenvalue weighted by Crippen LogP contribution is 2.20. The monoisotopic (exact) mass is 299 g/mol. The summed E-state index contributed by atoms with van der Waals surface area (Å²) in [7, 11) is 0. The van der Waals surface area contributed by atoms with Crippen LogP contribution in [-0.2, 0) is 4.74 Å². The Bertz CT molecular complexity index is 768. The second kappa shape index (κ2) is 5.93. The number of hydrogen-bond acceptors (Lipinski definition) is 5. The lowest BCUT2D eigenvalue weighted by Gasteiger charge is -2.08. The number of rotatable bonds is 4. The quantitative estimate of drug-likeness (QED) is 0.543. The van der Waals surface area contributed by atoms with Gasteiger partial charge >= 0.3 is 5.97 Å². The van der Waals surface area contributed by atoms with Gasteiger partial charge in [-0.05, 0) is 36.6 Å². The number of para-hydroxylation sites is 1. The third kappa shape index (κ3) is 3.03. The predicted molar refractivity (Wildman–Crippen MR) is 81.7 cm³/mol. The molecule has 0 atom stereocenters. The van der Waals surface area contributed by atoms with E-state index in [0.717, 1.165) is 21.7 Å². The van der Waals surface area contributed by atoms with Crippen LogP contribution in [0.15, 0.2) is 47.8 Å².